The van der Waals surface area contributed by atoms with Crippen LogP contribution >= 0.6 is 27.3 Å². The summed E-state index contributed by atoms with van der Waals surface area (Å²) < 4.78 is 14.7. The van der Waals surface area contributed by atoms with E-state index in [1.807, 2.05) is 5.38 Å². The summed E-state index contributed by atoms with van der Waals surface area (Å²) in [4.78, 5) is 20.7. The van der Waals surface area contributed by atoms with Gasteiger partial charge >= 0.3 is 0 Å². The third-order valence-electron chi connectivity index (χ3n) is 3.81. The molecule has 3 aromatic heterocycles. The van der Waals surface area contributed by atoms with Crippen molar-refractivity contribution in [2.45, 2.75) is 6.42 Å². The number of benzene rings is 1. The average molecular weight is 432 g/mol. The summed E-state index contributed by atoms with van der Waals surface area (Å²) in [6.07, 6.45) is 3.04. The molecule has 1 amide bonds. The van der Waals surface area contributed by atoms with Crippen LogP contribution in [0.4, 0.5) is 9.39 Å². The lowest BCUT2D eigenvalue weighted by molar-refractivity contribution is -0.115. The number of hydrogen-bond acceptors (Lipinski definition) is 5. The van der Waals surface area contributed by atoms with Crippen molar-refractivity contribution in [1.82, 2.24) is 20.2 Å². The van der Waals surface area contributed by atoms with E-state index in [1.54, 1.807) is 18.2 Å². The molecule has 2 N–H and O–H groups in total. The molecule has 3 heterocycles. The monoisotopic (exact) mass is 431 g/mol. The number of halogens is 2. The number of hydrogen-bond donors (Lipinski definition) is 2. The van der Waals surface area contributed by atoms with E-state index in [1.165, 1.54) is 29.9 Å². The van der Waals surface area contributed by atoms with Crippen LogP contribution in [-0.4, -0.2) is 26.1 Å². The normalized spacial score (nSPS) is 11.0. The third-order valence-corrected chi connectivity index (χ3v) is 5.64. The molecular formula is C17H11BrFN5OS. The molecule has 0 saturated heterocycles. The Labute approximate surface area is 159 Å². The second-order valence-corrected chi connectivity index (χ2v) is 7.19. The number of carbonyl (C=O) groups is 1. The molecule has 0 radical (unpaired) electrons. The number of fused-ring (bicyclic) bond motifs is 1. The van der Waals surface area contributed by atoms with Gasteiger partial charge in [-0.2, -0.15) is 5.10 Å². The van der Waals surface area contributed by atoms with E-state index in [9.17, 15) is 9.18 Å². The van der Waals surface area contributed by atoms with Gasteiger partial charge in [0.2, 0.25) is 5.91 Å². The Hall–Kier alpha value is -2.65. The van der Waals surface area contributed by atoms with Crippen LogP contribution in [-0.2, 0) is 11.2 Å². The molecule has 0 aliphatic carbocycles. The van der Waals surface area contributed by atoms with Crippen LogP contribution in [0.2, 0.25) is 0 Å². The maximum absolute atomic E-state index is 13.9. The van der Waals surface area contributed by atoms with Crippen LogP contribution in [0, 0.1) is 5.82 Å². The van der Waals surface area contributed by atoms with Crippen LogP contribution in [0.3, 0.4) is 0 Å². The summed E-state index contributed by atoms with van der Waals surface area (Å²) in [6, 6.07) is 6.43. The molecule has 0 fully saturated rings. The largest absolute Gasteiger partial charge is 0.317 e. The number of anilines is 1. The zero-order valence-electron chi connectivity index (χ0n) is 13.2. The number of thiophene rings is 1. The SMILES string of the molecule is O=C(Cc1ccc(F)c2ncccc12)Nc1scc(Br)c1-c1ncn[nH]1. The molecule has 4 rings (SSSR count). The highest BCUT2D eigenvalue weighted by Crippen LogP contribution is 2.38. The molecule has 9 heteroatoms. The fourth-order valence-corrected chi connectivity index (χ4v) is 4.30. The number of nitrogens with one attached hydrogen (secondary N) is 2. The van der Waals surface area contributed by atoms with Crippen molar-refractivity contribution in [2.75, 3.05) is 5.32 Å². The molecule has 6 nitrogen and oxygen atoms in total. The highest BCUT2D eigenvalue weighted by Gasteiger charge is 2.18. The number of aromatic amines is 1. The molecule has 0 unspecified atom stereocenters. The molecule has 0 aliphatic heterocycles. The van der Waals surface area contributed by atoms with E-state index < -0.39 is 5.82 Å². The van der Waals surface area contributed by atoms with Crippen LogP contribution in [0.5, 0.6) is 0 Å². The molecule has 4 aromatic rings. The average Bonchev–Trinajstić information content (AvgIpc) is 3.27. The lowest BCUT2D eigenvalue weighted by Crippen LogP contribution is -2.14. The standard InChI is InChI=1S/C17H11BrFN5OS/c18-11-7-26-17(14(11)16-21-8-22-24-16)23-13(25)6-9-3-4-12(19)15-10(9)2-1-5-20-15/h1-5,7-8H,6H2,(H,23,25)(H,21,22,24). The van der Waals surface area contributed by atoms with E-state index in [0.29, 0.717) is 21.8 Å². The van der Waals surface area contributed by atoms with Gasteiger partial charge in [-0.15, -0.1) is 11.3 Å². The Morgan fingerprint density at radius 3 is 3.00 bits per heavy atom. The first-order chi connectivity index (χ1) is 12.6. The second kappa shape index (κ2) is 6.93. The van der Waals surface area contributed by atoms with Crippen molar-refractivity contribution in [3.63, 3.8) is 0 Å². The Balaban J connectivity index is 1.61. The maximum atomic E-state index is 13.9. The van der Waals surface area contributed by atoms with Gasteiger partial charge in [-0.3, -0.25) is 14.9 Å². The minimum Gasteiger partial charge on any atom is -0.317 e. The summed E-state index contributed by atoms with van der Waals surface area (Å²) in [5.41, 5.74) is 1.72. The van der Waals surface area contributed by atoms with Crippen molar-refractivity contribution in [2.24, 2.45) is 0 Å². The molecular weight excluding hydrogens is 421 g/mol. The summed E-state index contributed by atoms with van der Waals surface area (Å²) in [5, 5.41) is 12.7. The highest BCUT2D eigenvalue weighted by molar-refractivity contribution is 9.10. The van der Waals surface area contributed by atoms with Gasteiger partial charge < -0.3 is 5.32 Å². The topological polar surface area (TPSA) is 83.6 Å². The van der Waals surface area contributed by atoms with Gasteiger partial charge in [-0.25, -0.2) is 9.37 Å². The fourth-order valence-electron chi connectivity index (χ4n) is 2.67. The molecule has 1 aromatic carbocycles. The molecule has 26 heavy (non-hydrogen) atoms. The Kier molecular flexibility index (Phi) is 4.48. The van der Waals surface area contributed by atoms with E-state index >= 15 is 0 Å². The highest BCUT2D eigenvalue weighted by atomic mass is 79.9. The van der Waals surface area contributed by atoms with Crippen LogP contribution in [0.1, 0.15) is 5.56 Å². The van der Waals surface area contributed by atoms with Crippen molar-refractivity contribution in [3.05, 3.63) is 58.0 Å². The van der Waals surface area contributed by atoms with Gasteiger partial charge in [0.05, 0.1) is 12.0 Å². The van der Waals surface area contributed by atoms with Gasteiger partial charge in [-0.1, -0.05) is 12.1 Å². The maximum Gasteiger partial charge on any atom is 0.229 e. The second-order valence-electron chi connectivity index (χ2n) is 5.45. The number of nitrogens with zero attached hydrogens (tertiary/aromatic N) is 3. The van der Waals surface area contributed by atoms with Gasteiger partial charge in [0, 0.05) is 21.4 Å². The molecule has 0 saturated carbocycles. The summed E-state index contributed by atoms with van der Waals surface area (Å²) in [6.45, 7) is 0. The smallest absolute Gasteiger partial charge is 0.229 e. The zero-order chi connectivity index (χ0) is 18.1. The Morgan fingerprint density at radius 1 is 1.31 bits per heavy atom. The number of aromatic nitrogens is 4. The van der Waals surface area contributed by atoms with Gasteiger partial charge in [0.15, 0.2) is 5.82 Å². The van der Waals surface area contributed by atoms with Gasteiger partial charge in [0.25, 0.3) is 0 Å². The number of pyridine rings is 1. The lowest BCUT2D eigenvalue weighted by Gasteiger charge is -2.08. The molecule has 0 atom stereocenters. The number of H-pyrrole nitrogens is 1. The predicted octanol–water partition coefficient (Wildman–Crippen LogP) is 4.16. The van der Waals surface area contributed by atoms with Crippen molar-refractivity contribution < 1.29 is 9.18 Å². The van der Waals surface area contributed by atoms with Gasteiger partial charge in [-0.05, 0) is 33.6 Å². The first-order valence-corrected chi connectivity index (χ1v) is 9.25. The first kappa shape index (κ1) is 16.8. The minimum atomic E-state index is -0.403. The number of rotatable bonds is 4. The summed E-state index contributed by atoms with van der Waals surface area (Å²) in [7, 11) is 0. The van der Waals surface area contributed by atoms with Crippen LogP contribution < -0.4 is 5.32 Å². The number of carbonyl (C=O) groups excluding carboxylic acids is 1. The van der Waals surface area contributed by atoms with E-state index in [-0.39, 0.29) is 17.8 Å². The van der Waals surface area contributed by atoms with Crippen LogP contribution in [0.25, 0.3) is 22.3 Å². The summed E-state index contributed by atoms with van der Waals surface area (Å²) in [5.74, 6) is -0.0544. The third kappa shape index (κ3) is 3.11. The van der Waals surface area contributed by atoms with E-state index in [2.05, 4.69) is 41.4 Å². The molecule has 0 spiro atoms. The lowest BCUT2D eigenvalue weighted by atomic mass is 10.0. The summed E-state index contributed by atoms with van der Waals surface area (Å²) >= 11 is 4.84. The number of amides is 1. The molecule has 0 aliphatic rings. The minimum absolute atomic E-state index is 0.105. The first-order valence-electron chi connectivity index (χ1n) is 7.58. The molecule has 0 bridgehead atoms. The zero-order valence-corrected chi connectivity index (χ0v) is 15.6. The van der Waals surface area contributed by atoms with E-state index in [4.69, 9.17) is 0 Å². The quantitative estimate of drug-likeness (QED) is 0.507. The predicted molar refractivity (Wildman–Crippen MR) is 101 cm³/mol. The van der Waals surface area contributed by atoms with Crippen LogP contribution in [0.15, 0.2) is 46.6 Å². The van der Waals surface area contributed by atoms with Crippen molar-refractivity contribution >= 4 is 49.1 Å². The van der Waals surface area contributed by atoms with Gasteiger partial charge in [0.1, 0.15) is 22.7 Å². The fraction of sp³-hybridized carbons (Fsp3) is 0.0588. The Morgan fingerprint density at radius 2 is 2.19 bits per heavy atom. The van der Waals surface area contributed by atoms with E-state index in [0.717, 1.165) is 10.0 Å². The Bertz CT molecular complexity index is 1100. The molecule has 130 valence electrons. The van der Waals surface area contributed by atoms with Crippen molar-refractivity contribution in [3.8, 4) is 11.4 Å². The van der Waals surface area contributed by atoms with Crippen molar-refractivity contribution in [1.29, 1.82) is 0 Å².